The largest absolute Gasteiger partial charge is 0.317 e. The van der Waals surface area contributed by atoms with Crippen molar-refractivity contribution < 1.29 is 4.39 Å². The van der Waals surface area contributed by atoms with E-state index in [1.54, 1.807) is 12.1 Å². The molecule has 1 atom stereocenters. The molecule has 0 spiro atoms. The van der Waals surface area contributed by atoms with Gasteiger partial charge in [-0.25, -0.2) is 4.39 Å². The molecule has 0 heterocycles. The number of hydrogen-bond donors (Lipinski definition) is 1. The second-order valence-electron chi connectivity index (χ2n) is 4.36. The Morgan fingerprint density at radius 3 is 2.73 bits per heavy atom. The molecular weight excluding hydrogens is 189 g/mol. The van der Waals surface area contributed by atoms with Gasteiger partial charge in [-0.05, 0) is 50.3 Å². The summed E-state index contributed by atoms with van der Waals surface area (Å²) in [4.78, 5) is 0. The zero-order chi connectivity index (χ0) is 10.7. The van der Waals surface area contributed by atoms with E-state index >= 15 is 0 Å². The van der Waals surface area contributed by atoms with E-state index in [-0.39, 0.29) is 5.82 Å². The van der Waals surface area contributed by atoms with Crippen molar-refractivity contribution in [3.63, 3.8) is 0 Å². The van der Waals surface area contributed by atoms with Gasteiger partial charge in [0.15, 0.2) is 0 Å². The Bertz CT molecular complexity index is 320. The average molecular weight is 207 g/mol. The van der Waals surface area contributed by atoms with Crippen LogP contribution in [0.5, 0.6) is 0 Å². The first-order chi connectivity index (χ1) is 7.31. The number of rotatable bonds is 5. The minimum Gasteiger partial charge on any atom is -0.317 e. The topological polar surface area (TPSA) is 12.0 Å². The lowest BCUT2D eigenvalue weighted by molar-refractivity contribution is 0.465. The molecule has 1 nitrogen and oxygen atoms in total. The summed E-state index contributed by atoms with van der Waals surface area (Å²) in [5.74, 6) is 0.768. The molecule has 1 aliphatic carbocycles. The highest BCUT2D eigenvalue weighted by Crippen LogP contribution is 2.34. The van der Waals surface area contributed by atoms with Crippen molar-refractivity contribution in [3.8, 4) is 0 Å². The monoisotopic (exact) mass is 207 g/mol. The molecule has 2 heteroatoms. The summed E-state index contributed by atoms with van der Waals surface area (Å²) in [7, 11) is 2.00. The van der Waals surface area contributed by atoms with E-state index < -0.39 is 0 Å². The molecule has 0 saturated heterocycles. The Balaban J connectivity index is 1.89. The van der Waals surface area contributed by atoms with E-state index in [9.17, 15) is 4.39 Å². The molecule has 0 aliphatic heterocycles. The van der Waals surface area contributed by atoms with Crippen molar-refractivity contribution in [2.45, 2.75) is 31.7 Å². The number of hydrogen-bond acceptors (Lipinski definition) is 1. The fraction of sp³-hybridized carbons (Fsp3) is 0.538. The third-order valence-corrected chi connectivity index (χ3v) is 3.24. The lowest BCUT2D eigenvalue weighted by Crippen LogP contribution is -2.27. The second kappa shape index (κ2) is 4.75. The molecule has 0 radical (unpaired) electrons. The molecule has 15 heavy (non-hydrogen) atoms. The number of nitrogens with one attached hydrogen (secondary N) is 1. The van der Waals surface area contributed by atoms with Crippen molar-refractivity contribution in [1.29, 1.82) is 0 Å². The van der Waals surface area contributed by atoms with Gasteiger partial charge in [-0.1, -0.05) is 18.2 Å². The van der Waals surface area contributed by atoms with Crippen LogP contribution in [0.25, 0.3) is 0 Å². The van der Waals surface area contributed by atoms with Crippen molar-refractivity contribution in [1.82, 2.24) is 5.32 Å². The fourth-order valence-electron chi connectivity index (χ4n) is 2.13. The van der Waals surface area contributed by atoms with Crippen LogP contribution in [0.2, 0.25) is 0 Å². The molecule has 0 bridgehead atoms. The van der Waals surface area contributed by atoms with Gasteiger partial charge in [0, 0.05) is 6.04 Å². The molecule has 0 aromatic heterocycles. The number of aryl methyl sites for hydroxylation is 1. The van der Waals surface area contributed by atoms with Crippen LogP contribution in [0, 0.1) is 11.7 Å². The Morgan fingerprint density at radius 2 is 2.13 bits per heavy atom. The summed E-state index contributed by atoms with van der Waals surface area (Å²) in [5, 5.41) is 3.33. The van der Waals surface area contributed by atoms with Crippen LogP contribution < -0.4 is 5.32 Å². The zero-order valence-electron chi connectivity index (χ0n) is 9.17. The van der Waals surface area contributed by atoms with E-state index in [2.05, 4.69) is 5.32 Å². The third kappa shape index (κ3) is 2.78. The van der Waals surface area contributed by atoms with Gasteiger partial charge < -0.3 is 5.32 Å². The lowest BCUT2D eigenvalue weighted by Gasteiger charge is -2.15. The standard InChI is InChI=1S/C13H18FN/c1-15-13(11-6-7-11)9-8-10-4-2-3-5-12(10)14/h2-5,11,13,15H,6-9H2,1H3. The number of benzene rings is 1. The first kappa shape index (κ1) is 10.6. The lowest BCUT2D eigenvalue weighted by atomic mass is 10.0. The summed E-state index contributed by atoms with van der Waals surface area (Å²) in [6.45, 7) is 0. The van der Waals surface area contributed by atoms with E-state index in [1.807, 2.05) is 19.2 Å². The molecule has 1 aromatic carbocycles. The molecule has 2 rings (SSSR count). The zero-order valence-corrected chi connectivity index (χ0v) is 9.17. The van der Waals surface area contributed by atoms with Crippen LogP contribution in [0.1, 0.15) is 24.8 Å². The predicted octanol–water partition coefficient (Wildman–Crippen LogP) is 2.76. The minimum absolute atomic E-state index is 0.0665. The third-order valence-electron chi connectivity index (χ3n) is 3.24. The molecule has 1 N–H and O–H groups in total. The van der Waals surface area contributed by atoms with Gasteiger partial charge in [0.1, 0.15) is 5.82 Å². The molecule has 1 fully saturated rings. The van der Waals surface area contributed by atoms with Gasteiger partial charge in [0.05, 0.1) is 0 Å². The van der Waals surface area contributed by atoms with Crippen LogP contribution in [-0.4, -0.2) is 13.1 Å². The predicted molar refractivity (Wildman–Crippen MR) is 60.3 cm³/mol. The first-order valence-electron chi connectivity index (χ1n) is 5.72. The molecule has 1 saturated carbocycles. The van der Waals surface area contributed by atoms with Crippen LogP contribution in [-0.2, 0) is 6.42 Å². The second-order valence-corrected chi connectivity index (χ2v) is 4.36. The Labute approximate surface area is 90.7 Å². The Hall–Kier alpha value is -0.890. The highest BCUT2D eigenvalue weighted by molar-refractivity contribution is 5.17. The van der Waals surface area contributed by atoms with Crippen LogP contribution in [0.3, 0.4) is 0 Å². The molecule has 1 aromatic rings. The van der Waals surface area contributed by atoms with Gasteiger partial charge in [-0.15, -0.1) is 0 Å². The first-order valence-corrected chi connectivity index (χ1v) is 5.72. The van der Waals surface area contributed by atoms with Crippen molar-refractivity contribution in [3.05, 3.63) is 35.6 Å². The highest BCUT2D eigenvalue weighted by atomic mass is 19.1. The maximum absolute atomic E-state index is 13.3. The van der Waals surface area contributed by atoms with Crippen molar-refractivity contribution in [2.24, 2.45) is 5.92 Å². The van der Waals surface area contributed by atoms with E-state index in [1.165, 1.54) is 12.8 Å². The summed E-state index contributed by atoms with van der Waals surface area (Å²) >= 11 is 0. The Kier molecular flexibility index (Phi) is 3.37. The van der Waals surface area contributed by atoms with Crippen LogP contribution in [0.15, 0.2) is 24.3 Å². The van der Waals surface area contributed by atoms with Gasteiger partial charge in [-0.3, -0.25) is 0 Å². The minimum atomic E-state index is -0.0665. The quantitative estimate of drug-likeness (QED) is 0.783. The Morgan fingerprint density at radius 1 is 1.40 bits per heavy atom. The average Bonchev–Trinajstić information content (AvgIpc) is 3.06. The SMILES string of the molecule is CNC(CCc1ccccc1F)C1CC1. The molecule has 1 unspecified atom stereocenters. The van der Waals surface area contributed by atoms with Crippen LogP contribution in [0.4, 0.5) is 4.39 Å². The van der Waals surface area contributed by atoms with E-state index in [4.69, 9.17) is 0 Å². The van der Waals surface area contributed by atoms with E-state index in [0.29, 0.717) is 6.04 Å². The summed E-state index contributed by atoms with van der Waals surface area (Å²) in [6, 6.07) is 7.65. The number of halogens is 1. The van der Waals surface area contributed by atoms with Gasteiger partial charge in [-0.2, -0.15) is 0 Å². The normalized spacial score (nSPS) is 17.7. The van der Waals surface area contributed by atoms with Gasteiger partial charge in [0.25, 0.3) is 0 Å². The van der Waals surface area contributed by atoms with Crippen LogP contribution >= 0.6 is 0 Å². The highest BCUT2D eigenvalue weighted by Gasteiger charge is 2.29. The van der Waals surface area contributed by atoms with Gasteiger partial charge >= 0.3 is 0 Å². The summed E-state index contributed by atoms with van der Waals surface area (Å²) < 4.78 is 13.3. The van der Waals surface area contributed by atoms with E-state index in [0.717, 1.165) is 24.3 Å². The molecule has 82 valence electrons. The molecular formula is C13H18FN. The maximum Gasteiger partial charge on any atom is 0.126 e. The van der Waals surface area contributed by atoms with Crippen molar-refractivity contribution in [2.75, 3.05) is 7.05 Å². The summed E-state index contributed by atoms with van der Waals surface area (Å²) in [6.07, 6.45) is 4.56. The smallest absolute Gasteiger partial charge is 0.126 e. The summed E-state index contributed by atoms with van der Waals surface area (Å²) in [5.41, 5.74) is 0.846. The fourth-order valence-corrected chi connectivity index (χ4v) is 2.13. The van der Waals surface area contributed by atoms with Gasteiger partial charge in [0.2, 0.25) is 0 Å². The van der Waals surface area contributed by atoms with Crippen molar-refractivity contribution >= 4 is 0 Å². The molecule has 0 amide bonds. The maximum atomic E-state index is 13.3. The molecule has 1 aliphatic rings.